The van der Waals surface area contributed by atoms with Crippen LogP contribution in [0.1, 0.15) is 48.9 Å². The molecule has 1 aliphatic rings. The summed E-state index contributed by atoms with van der Waals surface area (Å²) in [5.41, 5.74) is 5.52. The Morgan fingerprint density at radius 3 is 2.35 bits per heavy atom. The SMILES string of the molecule is Cc1cn(Cc2ccc(F)cc2)c2cc(C3C(=O)c4ccc(OCc5ccccc5)cc4C3=O)ccc12. The van der Waals surface area contributed by atoms with Crippen molar-refractivity contribution in [1.29, 1.82) is 0 Å². The van der Waals surface area contributed by atoms with Crippen molar-refractivity contribution in [3.05, 3.63) is 136 Å². The van der Waals surface area contributed by atoms with Gasteiger partial charge in [0.15, 0.2) is 11.6 Å². The van der Waals surface area contributed by atoms with Gasteiger partial charge in [-0.3, -0.25) is 9.59 Å². The molecule has 5 heteroatoms. The molecule has 182 valence electrons. The Kier molecular flexibility index (Phi) is 5.68. The minimum absolute atomic E-state index is 0.192. The number of aryl methyl sites for hydroxylation is 1. The summed E-state index contributed by atoms with van der Waals surface area (Å²) in [4.78, 5) is 26.8. The molecule has 0 fully saturated rings. The van der Waals surface area contributed by atoms with E-state index in [1.807, 2.05) is 61.7 Å². The Labute approximate surface area is 213 Å². The lowest BCUT2D eigenvalue weighted by molar-refractivity contribution is 0.0890. The minimum Gasteiger partial charge on any atom is -0.489 e. The van der Waals surface area contributed by atoms with Gasteiger partial charge in [-0.05, 0) is 65.6 Å². The van der Waals surface area contributed by atoms with Gasteiger partial charge >= 0.3 is 0 Å². The molecule has 0 spiro atoms. The van der Waals surface area contributed by atoms with Gasteiger partial charge in [0.05, 0.1) is 0 Å². The van der Waals surface area contributed by atoms with E-state index in [2.05, 4.69) is 4.57 Å². The van der Waals surface area contributed by atoms with Crippen LogP contribution in [-0.2, 0) is 13.2 Å². The Hall–Kier alpha value is -4.51. The number of benzene rings is 4. The van der Waals surface area contributed by atoms with Gasteiger partial charge in [0.1, 0.15) is 24.1 Å². The van der Waals surface area contributed by atoms with E-state index in [0.717, 1.165) is 27.6 Å². The molecule has 0 N–H and O–H groups in total. The Bertz CT molecular complexity index is 1650. The molecule has 1 aromatic heterocycles. The van der Waals surface area contributed by atoms with Crippen molar-refractivity contribution in [1.82, 2.24) is 4.57 Å². The summed E-state index contributed by atoms with van der Waals surface area (Å²) in [7, 11) is 0. The fourth-order valence-corrected chi connectivity index (χ4v) is 5.10. The zero-order valence-corrected chi connectivity index (χ0v) is 20.3. The molecule has 0 aliphatic heterocycles. The van der Waals surface area contributed by atoms with Crippen molar-refractivity contribution in [3.8, 4) is 5.75 Å². The summed E-state index contributed by atoms with van der Waals surface area (Å²) in [6.45, 7) is 2.97. The van der Waals surface area contributed by atoms with E-state index in [9.17, 15) is 14.0 Å². The monoisotopic (exact) mass is 489 g/mol. The molecule has 1 aliphatic carbocycles. The summed E-state index contributed by atoms with van der Waals surface area (Å²) in [5.74, 6) is -0.992. The van der Waals surface area contributed by atoms with Gasteiger partial charge in [-0.25, -0.2) is 4.39 Å². The minimum atomic E-state index is -0.877. The standard InChI is InChI=1S/C32H24FNO3/c1-20-17-34(18-21-7-10-24(33)11-8-21)29-15-23(9-13-26(20)29)30-31(35)27-14-12-25(16-28(27)32(30)36)37-19-22-5-3-2-4-6-22/h2-17,30H,18-19H2,1H3. The molecule has 4 nitrogen and oxygen atoms in total. The van der Waals surface area contributed by atoms with Crippen molar-refractivity contribution in [2.24, 2.45) is 0 Å². The summed E-state index contributed by atoms with van der Waals surface area (Å²) in [6.07, 6.45) is 2.04. The molecule has 0 radical (unpaired) electrons. The van der Waals surface area contributed by atoms with Crippen LogP contribution in [0.3, 0.4) is 0 Å². The van der Waals surface area contributed by atoms with Gasteiger partial charge in [-0.1, -0.05) is 54.6 Å². The van der Waals surface area contributed by atoms with Crippen LogP contribution in [0.25, 0.3) is 10.9 Å². The predicted molar refractivity (Wildman–Crippen MR) is 141 cm³/mol. The second kappa shape index (κ2) is 9.17. The van der Waals surface area contributed by atoms with E-state index >= 15 is 0 Å². The average Bonchev–Trinajstić information content (AvgIpc) is 3.36. The number of halogens is 1. The van der Waals surface area contributed by atoms with Crippen LogP contribution in [0, 0.1) is 12.7 Å². The highest BCUT2D eigenvalue weighted by Gasteiger charge is 2.40. The van der Waals surface area contributed by atoms with Crippen molar-refractivity contribution in [2.75, 3.05) is 0 Å². The Morgan fingerprint density at radius 2 is 1.57 bits per heavy atom. The highest BCUT2D eigenvalue weighted by Crippen LogP contribution is 2.37. The molecule has 6 rings (SSSR count). The lowest BCUT2D eigenvalue weighted by atomic mass is 9.93. The van der Waals surface area contributed by atoms with E-state index < -0.39 is 5.92 Å². The van der Waals surface area contributed by atoms with E-state index in [-0.39, 0.29) is 17.4 Å². The highest BCUT2D eigenvalue weighted by atomic mass is 19.1. The van der Waals surface area contributed by atoms with Gasteiger partial charge in [-0.2, -0.15) is 0 Å². The third-order valence-corrected chi connectivity index (χ3v) is 7.00. The number of carbonyl (C=O) groups excluding carboxylic acids is 2. The molecule has 37 heavy (non-hydrogen) atoms. The second-order valence-corrected chi connectivity index (χ2v) is 9.49. The maximum atomic E-state index is 13.5. The average molecular weight is 490 g/mol. The van der Waals surface area contributed by atoms with Gasteiger partial charge in [0.25, 0.3) is 0 Å². The largest absolute Gasteiger partial charge is 0.489 e. The number of hydrogen-bond donors (Lipinski definition) is 0. The van der Waals surface area contributed by atoms with Crippen LogP contribution >= 0.6 is 0 Å². The summed E-state index contributed by atoms with van der Waals surface area (Å²) >= 11 is 0. The maximum absolute atomic E-state index is 13.5. The molecular weight excluding hydrogens is 465 g/mol. The fourth-order valence-electron chi connectivity index (χ4n) is 5.10. The van der Waals surface area contributed by atoms with Crippen LogP contribution < -0.4 is 4.74 Å². The first-order valence-electron chi connectivity index (χ1n) is 12.2. The number of rotatable bonds is 6. The number of nitrogens with zero attached hydrogens (tertiary/aromatic N) is 1. The Balaban J connectivity index is 1.30. The van der Waals surface area contributed by atoms with E-state index in [0.29, 0.717) is 35.6 Å². The van der Waals surface area contributed by atoms with Crippen molar-refractivity contribution < 1.29 is 18.7 Å². The van der Waals surface area contributed by atoms with Crippen LogP contribution in [0.15, 0.2) is 97.2 Å². The molecule has 1 heterocycles. The van der Waals surface area contributed by atoms with Crippen LogP contribution in [0.4, 0.5) is 4.39 Å². The molecular formula is C32H24FNO3. The molecule has 0 saturated heterocycles. The quantitative estimate of drug-likeness (QED) is 0.244. The maximum Gasteiger partial charge on any atom is 0.178 e. The Morgan fingerprint density at radius 1 is 0.811 bits per heavy atom. The topological polar surface area (TPSA) is 48.3 Å². The first kappa shape index (κ1) is 22.9. The van der Waals surface area contributed by atoms with E-state index in [1.54, 1.807) is 30.3 Å². The number of fused-ring (bicyclic) bond motifs is 2. The van der Waals surface area contributed by atoms with E-state index in [4.69, 9.17) is 4.74 Å². The van der Waals surface area contributed by atoms with Gasteiger partial charge < -0.3 is 9.30 Å². The van der Waals surface area contributed by atoms with Gasteiger partial charge in [-0.15, -0.1) is 0 Å². The predicted octanol–water partition coefficient (Wildman–Crippen LogP) is 6.88. The number of carbonyl (C=O) groups is 2. The first-order chi connectivity index (χ1) is 18.0. The lowest BCUT2D eigenvalue weighted by Crippen LogP contribution is -2.13. The van der Waals surface area contributed by atoms with Gasteiger partial charge in [0.2, 0.25) is 0 Å². The third-order valence-electron chi connectivity index (χ3n) is 7.00. The fraction of sp³-hybridized carbons (Fsp3) is 0.125. The molecule has 0 bridgehead atoms. The number of Topliss-reactive ketones (excluding diaryl/α,β-unsaturated/α-hetero) is 2. The highest BCUT2D eigenvalue weighted by molar-refractivity contribution is 6.30. The number of hydrogen-bond acceptors (Lipinski definition) is 3. The number of ether oxygens (including phenoxy) is 1. The van der Waals surface area contributed by atoms with Crippen LogP contribution in [0.2, 0.25) is 0 Å². The first-order valence-corrected chi connectivity index (χ1v) is 12.2. The summed E-state index contributed by atoms with van der Waals surface area (Å²) < 4.78 is 21.3. The second-order valence-electron chi connectivity index (χ2n) is 9.49. The van der Waals surface area contributed by atoms with Crippen molar-refractivity contribution in [2.45, 2.75) is 26.0 Å². The normalized spacial score (nSPS) is 14.8. The van der Waals surface area contributed by atoms with E-state index in [1.165, 1.54) is 12.1 Å². The van der Waals surface area contributed by atoms with Crippen LogP contribution in [-0.4, -0.2) is 16.1 Å². The van der Waals surface area contributed by atoms with Crippen molar-refractivity contribution in [3.63, 3.8) is 0 Å². The zero-order chi connectivity index (χ0) is 25.5. The molecule has 1 atom stereocenters. The number of aromatic nitrogens is 1. The molecule has 4 aromatic carbocycles. The van der Waals surface area contributed by atoms with Crippen LogP contribution in [0.5, 0.6) is 5.75 Å². The van der Waals surface area contributed by atoms with Gasteiger partial charge in [0, 0.05) is 34.8 Å². The van der Waals surface area contributed by atoms with Crippen molar-refractivity contribution >= 4 is 22.5 Å². The smallest absolute Gasteiger partial charge is 0.178 e. The molecule has 0 saturated carbocycles. The summed E-state index contributed by atoms with van der Waals surface area (Å²) in [5, 5.41) is 1.05. The lowest BCUT2D eigenvalue weighted by Gasteiger charge is -2.10. The molecule has 1 unspecified atom stereocenters. The number of ketones is 2. The summed E-state index contributed by atoms with van der Waals surface area (Å²) in [6, 6.07) is 27.1. The molecule has 0 amide bonds. The zero-order valence-electron chi connectivity index (χ0n) is 20.3. The third kappa shape index (κ3) is 4.23. The molecule has 5 aromatic rings.